The topological polar surface area (TPSA) is 76.5 Å². The predicted molar refractivity (Wildman–Crippen MR) is 130 cm³/mol. The molecule has 3 heterocycles. The van der Waals surface area contributed by atoms with Crippen molar-refractivity contribution in [1.29, 1.82) is 0 Å². The zero-order chi connectivity index (χ0) is 23.5. The summed E-state index contributed by atoms with van der Waals surface area (Å²) in [7, 11) is 1.87. The number of benzene rings is 2. The van der Waals surface area contributed by atoms with Crippen molar-refractivity contribution in [2.75, 3.05) is 19.7 Å². The van der Waals surface area contributed by atoms with Crippen molar-refractivity contribution in [2.24, 2.45) is 13.0 Å². The van der Waals surface area contributed by atoms with Gasteiger partial charge in [0.05, 0.1) is 11.1 Å². The van der Waals surface area contributed by atoms with Crippen molar-refractivity contribution in [1.82, 2.24) is 20.0 Å². The van der Waals surface area contributed by atoms with Gasteiger partial charge in [-0.3, -0.25) is 14.3 Å². The van der Waals surface area contributed by atoms with Gasteiger partial charge in [0.1, 0.15) is 0 Å². The number of aromatic nitrogens is 2. The summed E-state index contributed by atoms with van der Waals surface area (Å²) in [6.45, 7) is 2.54. The van der Waals surface area contributed by atoms with E-state index in [4.69, 9.17) is 4.74 Å². The molecule has 1 spiro atoms. The van der Waals surface area contributed by atoms with Crippen molar-refractivity contribution < 1.29 is 14.3 Å². The second kappa shape index (κ2) is 9.58. The predicted octanol–water partition coefficient (Wildman–Crippen LogP) is 3.68. The van der Waals surface area contributed by atoms with E-state index in [1.165, 1.54) is 0 Å². The maximum atomic E-state index is 13.3. The molecule has 7 heteroatoms. The van der Waals surface area contributed by atoms with Crippen molar-refractivity contribution >= 4 is 22.7 Å². The molecule has 0 aliphatic carbocycles. The van der Waals surface area contributed by atoms with E-state index in [1.54, 1.807) is 4.68 Å². The van der Waals surface area contributed by atoms with Crippen LogP contribution in [0.5, 0.6) is 0 Å². The minimum Gasteiger partial charge on any atom is -0.375 e. The van der Waals surface area contributed by atoms with E-state index in [9.17, 15) is 9.59 Å². The molecular weight excluding hydrogens is 428 g/mol. The molecule has 1 atom stereocenters. The third-order valence-corrected chi connectivity index (χ3v) is 7.32. The lowest BCUT2D eigenvalue weighted by Gasteiger charge is -2.46. The van der Waals surface area contributed by atoms with Crippen LogP contribution in [-0.2, 0) is 23.1 Å². The fourth-order valence-corrected chi connectivity index (χ4v) is 5.42. The number of carbonyl (C=O) groups is 2. The molecule has 7 nitrogen and oxygen atoms in total. The highest BCUT2D eigenvalue weighted by Crippen LogP contribution is 2.39. The summed E-state index contributed by atoms with van der Waals surface area (Å²) in [6, 6.07) is 17.8. The van der Waals surface area contributed by atoms with E-state index in [2.05, 4.69) is 10.4 Å². The molecule has 178 valence electrons. The van der Waals surface area contributed by atoms with Crippen LogP contribution < -0.4 is 5.32 Å². The third kappa shape index (κ3) is 4.71. The van der Waals surface area contributed by atoms with E-state index in [0.717, 1.165) is 42.1 Å². The Hall–Kier alpha value is -3.19. The van der Waals surface area contributed by atoms with Crippen molar-refractivity contribution in [2.45, 2.75) is 44.2 Å². The Morgan fingerprint density at radius 2 is 1.82 bits per heavy atom. The van der Waals surface area contributed by atoms with E-state index < -0.39 is 0 Å². The Balaban J connectivity index is 1.16. The molecule has 1 unspecified atom stereocenters. The number of fused-ring (bicyclic) bond motifs is 1. The van der Waals surface area contributed by atoms with Gasteiger partial charge in [-0.25, -0.2) is 0 Å². The van der Waals surface area contributed by atoms with Gasteiger partial charge in [-0.05, 0) is 43.2 Å². The molecule has 2 fully saturated rings. The molecule has 1 N–H and O–H groups in total. The van der Waals surface area contributed by atoms with Gasteiger partial charge >= 0.3 is 0 Å². The van der Waals surface area contributed by atoms with E-state index in [1.807, 2.05) is 66.5 Å². The SMILES string of the molecule is Cn1nc(C(=O)N2CCC3(CC2)CC(CC(=O)NCc2ccccc2)CCO3)c2ccccc21. The fraction of sp³-hybridized carbons (Fsp3) is 0.444. The van der Waals surface area contributed by atoms with Crippen LogP contribution in [0.25, 0.3) is 10.9 Å². The van der Waals surface area contributed by atoms with E-state index >= 15 is 0 Å². The number of hydrogen-bond donors (Lipinski definition) is 1. The first kappa shape index (κ1) is 22.6. The lowest BCUT2D eigenvalue weighted by atomic mass is 9.78. The number of nitrogens with zero attached hydrogens (tertiary/aromatic N) is 3. The van der Waals surface area contributed by atoms with Crippen LogP contribution in [0.4, 0.5) is 0 Å². The maximum Gasteiger partial charge on any atom is 0.275 e. The first-order valence-electron chi connectivity index (χ1n) is 12.2. The number of carbonyl (C=O) groups excluding carboxylic acids is 2. The summed E-state index contributed by atoms with van der Waals surface area (Å²) >= 11 is 0. The van der Waals surface area contributed by atoms with Gasteiger partial charge in [0.2, 0.25) is 5.91 Å². The number of aryl methyl sites for hydroxylation is 1. The standard InChI is InChI=1S/C27H32N4O3/c1-30-23-10-6-5-9-22(23)25(29-30)26(33)31-14-12-27(13-15-31)18-21(11-16-34-27)17-24(32)28-19-20-7-3-2-4-8-20/h2-10,21H,11-19H2,1H3,(H,28,32). The van der Waals surface area contributed by atoms with Crippen LogP contribution in [0.15, 0.2) is 54.6 Å². The van der Waals surface area contributed by atoms with Crippen molar-refractivity contribution in [3.63, 3.8) is 0 Å². The molecule has 5 rings (SSSR count). The molecule has 2 aliphatic heterocycles. The summed E-state index contributed by atoms with van der Waals surface area (Å²) in [6.07, 6.45) is 3.90. The third-order valence-electron chi connectivity index (χ3n) is 7.32. The highest BCUT2D eigenvalue weighted by molar-refractivity contribution is 6.04. The van der Waals surface area contributed by atoms with Crippen LogP contribution in [0.2, 0.25) is 0 Å². The first-order valence-corrected chi connectivity index (χ1v) is 12.2. The van der Waals surface area contributed by atoms with E-state index in [0.29, 0.717) is 44.3 Å². The lowest BCUT2D eigenvalue weighted by molar-refractivity contribution is -0.134. The fourth-order valence-electron chi connectivity index (χ4n) is 5.42. The van der Waals surface area contributed by atoms with Crippen LogP contribution in [-0.4, -0.2) is 51.8 Å². The Labute approximate surface area is 200 Å². The van der Waals surface area contributed by atoms with Crippen molar-refractivity contribution in [3.8, 4) is 0 Å². The summed E-state index contributed by atoms with van der Waals surface area (Å²) in [5.41, 5.74) is 2.36. The minimum absolute atomic E-state index is 0.0145. The second-order valence-electron chi connectivity index (χ2n) is 9.64. The maximum absolute atomic E-state index is 13.3. The average Bonchev–Trinajstić information content (AvgIpc) is 3.20. The number of rotatable bonds is 5. The molecular formula is C27H32N4O3. The Bertz CT molecular complexity index is 1170. The van der Waals surface area contributed by atoms with Gasteiger partial charge in [0.15, 0.2) is 5.69 Å². The summed E-state index contributed by atoms with van der Waals surface area (Å²) in [5.74, 6) is 0.395. The molecule has 34 heavy (non-hydrogen) atoms. The van der Waals surface area contributed by atoms with Crippen LogP contribution in [0.1, 0.15) is 48.2 Å². The lowest BCUT2D eigenvalue weighted by Crippen LogP contribution is -2.51. The van der Waals surface area contributed by atoms with Crippen LogP contribution in [0.3, 0.4) is 0 Å². The molecule has 0 saturated carbocycles. The monoisotopic (exact) mass is 460 g/mol. The molecule has 3 aromatic rings. The average molecular weight is 461 g/mol. The zero-order valence-corrected chi connectivity index (χ0v) is 19.7. The van der Waals surface area contributed by atoms with E-state index in [-0.39, 0.29) is 17.4 Å². The molecule has 2 aliphatic rings. The molecule has 0 bridgehead atoms. The Morgan fingerprint density at radius 3 is 2.62 bits per heavy atom. The smallest absolute Gasteiger partial charge is 0.275 e. The van der Waals surface area contributed by atoms with Crippen molar-refractivity contribution in [3.05, 3.63) is 65.9 Å². The number of para-hydroxylation sites is 1. The first-order chi connectivity index (χ1) is 16.5. The number of hydrogen-bond acceptors (Lipinski definition) is 4. The molecule has 2 saturated heterocycles. The molecule has 2 amide bonds. The normalized spacial score (nSPS) is 19.9. The number of piperidine rings is 1. The van der Waals surface area contributed by atoms with Crippen LogP contribution in [0, 0.1) is 5.92 Å². The van der Waals surface area contributed by atoms with Gasteiger partial charge in [-0.2, -0.15) is 5.10 Å². The highest BCUT2D eigenvalue weighted by Gasteiger charge is 2.42. The largest absolute Gasteiger partial charge is 0.375 e. The Kier molecular flexibility index (Phi) is 6.37. The summed E-state index contributed by atoms with van der Waals surface area (Å²) in [5, 5.41) is 8.45. The highest BCUT2D eigenvalue weighted by atomic mass is 16.5. The minimum atomic E-state index is -0.231. The number of amides is 2. The molecule has 2 aromatic carbocycles. The van der Waals surface area contributed by atoms with Gasteiger partial charge in [0.25, 0.3) is 5.91 Å². The number of nitrogens with one attached hydrogen (secondary N) is 1. The zero-order valence-electron chi connectivity index (χ0n) is 19.7. The van der Waals surface area contributed by atoms with Gasteiger partial charge < -0.3 is 15.0 Å². The summed E-state index contributed by atoms with van der Waals surface area (Å²) < 4.78 is 8.04. The number of likely N-dealkylation sites (tertiary alicyclic amines) is 1. The van der Waals surface area contributed by atoms with Gasteiger partial charge in [-0.1, -0.05) is 48.5 Å². The molecule has 1 aromatic heterocycles. The Morgan fingerprint density at radius 1 is 1.09 bits per heavy atom. The quantitative estimate of drug-likeness (QED) is 0.630. The van der Waals surface area contributed by atoms with Crippen LogP contribution >= 0.6 is 0 Å². The molecule has 0 radical (unpaired) electrons. The summed E-state index contributed by atoms with van der Waals surface area (Å²) in [4.78, 5) is 27.7. The van der Waals surface area contributed by atoms with Gasteiger partial charge in [0, 0.05) is 45.1 Å². The number of ether oxygens (including phenoxy) is 1. The second-order valence-corrected chi connectivity index (χ2v) is 9.64. The van der Waals surface area contributed by atoms with Gasteiger partial charge in [-0.15, -0.1) is 0 Å².